The van der Waals surface area contributed by atoms with Crippen LogP contribution in [0.4, 0.5) is 0 Å². The van der Waals surface area contributed by atoms with Crippen LogP contribution in [-0.2, 0) is 0 Å². The molecule has 1 N–H and O–H groups in total. The summed E-state index contributed by atoms with van der Waals surface area (Å²) in [6, 6.07) is 0. The van der Waals surface area contributed by atoms with Gasteiger partial charge >= 0.3 is 0 Å². The molecule has 0 aromatic heterocycles. The molecule has 40 valence electrons. The molecule has 0 fully saturated rings. The Bertz CT molecular complexity index is 78.1. The van der Waals surface area contributed by atoms with E-state index in [9.17, 15) is 0 Å². The maximum absolute atomic E-state index is 3.08. The van der Waals surface area contributed by atoms with Crippen molar-refractivity contribution in [3.8, 4) is 0 Å². The zero-order chi connectivity index (χ0) is 5.11. The minimum atomic E-state index is 0.983. The SMILES string of the molecule is CN1CC=CNC1. The zero-order valence-corrected chi connectivity index (χ0v) is 4.52. The van der Waals surface area contributed by atoms with E-state index in [-0.39, 0.29) is 0 Å². The molecule has 0 aromatic rings. The van der Waals surface area contributed by atoms with Gasteiger partial charge in [-0.25, -0.2) is 0 Å². The standard InChI is InChI=1S/C5H10N2/c1-7-4-2-3-6-5-7/h2-3,6H,4-5H2,1H3. The molecular formula is C5H10N2. The van der Waals surface area contributed by atoms with Gasteiger partial charge in [0, 0.05) is 6.54 Å². The van der Waals surface area contributed by atoms with Gasteiger partial charge in [-0.2, -0.15) is 0 Å². The van der Waals surface area contributed by atoms with Crippen LogP contribution in [0.5, 0.6) is 0 Å². The molecule has 1 aliphatic heterocycles. The highest BCUT2D eigenvalue weighted by Gasteiger charge is 1.94. The first-order valence-electron chi connectivity index (χ1n) is 2.46. The van der Waals surface area contributed by atoms with Crippen LogP contribution in [0, 0.1) is 0 Å². The molecule has 0 saturated carbocycles. The van der Waals surface area contributed by atoms with Gasteiger partial charge in [0.1, 0.15) is 0 Å². The Labute approximate surface area is 43.8 Å². The molecule has 2 heteroatoms. The molecule has 0 aliphatic carbocycles. The monoisotopic (exact) mass is 98.1 g/mol. The molecule has 7 heavy (non-hydrogen) atoms. The predicted octanol–water partition coefficient (Wildman–Crippen LogP) is -0.00740. The smallest absolute Gasteiger partial charge is 0.0673 e. The van der Waals surface area contributed by atoms with E-state index in [4.69, 9.17) is 0 Å². The molecule has 0 spiro atoms. The van der Waals surface area contributed by atoms with Crippen LogP contribution in [0.1, 0.15) is 0 Å². The first-order chi connectivity index (χ1) is 3.39. The number of nitrogens with zero attached hydrogens (tertiary/aromatic N) is 1. The molecule has 1 aliphatic rings. The third-order valence-corrected chi connectivity index (χ3v) is 1.01. The second kappa shape index (κ2) is 1.98. The molecule has 0 atom stereocenters. The second-order valence-electron chi connectivity index (χ2n) is 1.80. The third kappa shape index (κ3) is 1.20. The average molecular weight is 98.1 g/mol. The summed E-state index contributed by atoms with van der Waals surface area (Å²) in [5.41, 5.74) is 0. The zero-order valence-electron chi connectivity index (χ0n) is 4.52. The summed E-state index contributed by atoms with van der Waals surface area (Å²) in [6.07, 6.45) is 4.09. The van der Waals surface area contributed by atoms with Crippen molar-refractivity contribution in [3.05, 3.63) is 12.3 Å². The van der Waals surface area contributed by atoms with Crippen LogP contribution in [0.3, 0.4) is 0 Å². The Morgan fingerprint density at radius 3 is 2.86 bits per heavy atom. The van der Waals surface area contributed by atoms with Crippen molar-refractivity contribution in [2.75, 3.05) is 20.3 Å². The minimum Gasteiger partial charge on any atom is -0.378 e. The highest BCUT2D eigenvalue weighted by molar-refractivity contribution is 4.85. The van der Waals surface area contributed by atoms with Gasteiger partial charge in [-0.1, -0.05) is 6.08 Å². The van der Waals surface area contributed by atoms with Gasteiger partial charge < -0.3 is 5.32 Å². The minimum absolute atomic E-state index is 0.983. The van der Waals surface area contributed by atoms with Crippen LogP contribution in [0.2, 0.25) is 0 Å². The highest BCUT2D eigenvalue weighted by Crippen LogP contribution is 1.84. The molecule has 1 heterocycles. The fourth-order valence-electron chi connectivity index (χ4n) is 0.589. The van der Waals surface area contributed by atoms with E-state index in [0.29, 0.717) is 0 Å². The number of nitrogens with one attached hydrogen (secondary N) is 1. The lowest BCUT2D eigenvalue weighted by Gasteiger charge is -2.17. The summed E-state index contributed by atoms with van der Waals surface area (Å²) in [5, 5.41) is 3.08. The van der Waals surface area contributed by atoms with Gasteiger partial charge in [-0.3, -0.25) is 4.90 Å². The Balaban J connectivity index is 2.32. The predicted molar refractivity (Wildman–Crippen MR) is 29.8 cm³/mol. The van der Waals surface area contributed by atoms with Crippen molar-refractivity contribution in [2.45, 2.75) is 0 Å². The fraction of sp³-hybridized carbons (Fsp3) is 0.600. The molecule has 0 saturated heterocycles. The molecule has 0 radical (unpaired) electrons. The van der Waals surface area contributed by atoms with E-state index in [1.54, 1.807) is 0 Å². The Morgan fingerprint density at radius 2 is 2.57 bits per heavy atom. The third-order valence-electron chi connectivity index (χ3n) is 1.01. The Morgan fingerprint density at radius 1 is 1.71 bits per heavy atom. The first-order valence-corrected chi connectivity index (χ1v) is 2.46. The number of likely N-dealkylation sites (N-methyl/N-ethyl adjacent to an activating group) is 1. The summed E-state index contributed by atoms with van der Waals surface area (Å²) >= 11 is 0. The van der Waals surface area contributed by atoms with Crippen molar-refractivity contribution >= 4 is 0 Å². The number of hydrogen-bond acceptors (Lipinski definition) is 2. The van der Waals surface area contributed by atoms with Crippen molar-refractivity contribution in [2.24, 2.45) is 0 Å². The van der Waals surface area contributed by atoms with Gasteiger partial charge in [0.05, 0.1) is 6.67 Å². The number of hydrogen-bond donors (Lipinski definition) is 1. The normalized spacial score (nSPS) is 21.9. The van der Waals surface area contributed by atoms with Gasteiger partial charge in [0.15, 0.2) is 0 Å². The van der Waals surface area contributed by atoms with Crippen LogP contribution >= 0.6 is 0 Å². The molecule has 0 aromatic carbocycles. The summed E-state index contributed by atoms with van der Waals surface area (Å²) in [4.78, 5) is 2.19. The van der Waals surface area contributed by atoms with Crippen LogP contribution in [-0.4, -0.2) is 25.2 Å². The van der Waals surface area contributed by atoms with Gasteiger partial charge in [-0.15, -0.1) is 0 Å². The van der Waals surface area contributed by atoms with E-state index in [1.807, 2.05) is 6.20 Å². The topological polar surface area (TPSA) is 15.3 Å². The van der Waals surface area contributed by atoms with Crippen LogP contribution < -0.4 is 5.32 Å². The van der Waals surface area contributed by atoms with E-state index in [2.05, 4.69) is 23.3 Å². The second-order valence-corrected chi connectivity index (χ2v) is 1.80. The summed E-state index contributed by atoms with van der Waals surface area (Å²) in [5.74, 6) is 0. The molecule has 0 unspecified atom stereocenters. The lowest BCUT2D eigenvalue weighted by Crippen LogP contribution is -2.31. The van der Waals surface area contributed by atoms with Crippen molar-refractivity contribution in [1.29, 1.82) is 0 Å². The lowest BCUT2D eigenvalue weighted by atomic mass is 10.5. The average Bonchev–Trinajstić information content (AvgIpc) is 1.69. The van der Waals surface area contributed by atoms with Gasteiger partial charge in [0.25, 0.3) is 0 Å². The van der Waals surface area contributed by atoms with Crippen LogP contribution in [0.25, 0.3) is 0 Å². The lowest BCUT2D eigenvalue weighted by molar-refractivity contribution is 0.342. The maximum Gasteiger partial charge on any atom is 0.0673 e. The van der Waals surface area contributed by atoms with Gasteiger partial charge in [0.2, 0.25) is 0 Å². The summed E-state index contributed by atoms with van der Waals surface area (Å²) in [7, 11) is 2.08. The molecule has 1 rings (SSSR count). The van der Waals surface area contributed by atoms with E-state index < -0.39 is 0 Å². The van der Waals surface area contributed by atoms with Crippen molar-refractivity contribution in [3.63, 3.8) is 0 Å². The molecule has 0 amide bonds. The molecule has 0 bridgehead atoms. The van der Waals surface area contributed by atoms with E-state index in [1.165, 1.54) is 0 Å². The van der Waals surface area contributed by atoms with Gasteiger partial charge in [-0.05, 0) is 13.2 Å². The largest absolute Gasteiger partial charge is 0.378 e. The van der Waals surface area contributed by atoms with E-state index in [0.717, 1.165) is 13.2 Å². The van der Waals surface area contributed by atoms with Crippen LogP contribution in [0.15, 0.2) is 12.3 Å². The summed E-state index contributed by atoms with van der Waals surface area (Å²) < 4.78 is 0. The molecular weight excluding hydrogens is 88.1 g/mol. The van der Waals surface area contributed by atoms with Crippen molar-refractivity contribution < 1.29 is 0 Å². The molecule has 2 nitrogen and oxygen atoms in total. The maximum atomic E-state index is 3.08. The fourth-order valence-corrected chi connectivity index (χ4v) is 0.589. The summed E-state index contributed by atoms with van der Waals surface area (Å²) in [6.45, 7) is 2.06. The Kier molecular flexibility index (Phi) is 1.32. The highest BCUT2D eigenvalue weighted by atomic mass is 15.2. The Hall–Kier alpha value is -0.500. The quantitative estimate of drug-likeness (QED) is 0.458. The number of rotatable bonds is 0. The first kappa shape index (κ1) is 4.65. The van der Waals surface area contributed by atoms with E-state index >= 15 is 0 Å². The van der Waals surface area contributed by atoms with Crippen molar-refractivity contribution in [1.82, 2.24) is 10.2 Å².